The number of nitrogens with one attached hydrogen (secondary N) is 3. The largest absolute Gasteiger partial charge is 0.351 e. The van der Waals surface area contributed by atoms with Crippen LogP contribution in [0.25, 0.3) is 11.8 Å². The van der Waals surface area contributed by atoms with E-state index >= 15 is 0 Å². The maximum absolute atomic E-state index is 13.3. The predicted molar refractivity (Wildman–Crippen MR) is 160 cm³/mol. The maximum Gasteiger partial charge on any atom is 0.327 e. The van der Waals surface area contributed by atoms with Gasteiger partial charge >= 0.3 is 7.60 Å². The molecule has 0 aliphatic heterocycles. The quantitative estimate of drug-likeness (QED) is 0.117. The van der Waals surface area contributed by atoms with Crippen LogP contribution < -0.4 is 16.0 Å². The third-order valence-electron chi connectivity index (χ3n) is 6.02. The molecule has 0 aliphatic carbocycles. The average molecular weight is 624 g/mol. The molecule has 1 atom stereocenters. The van der Waals surface area contributed by atoms with Crippen LogP contribution in [0, 0.1) is 0 Å². The second-order valence-electron chi connectivity index (χ2n) is 9.25. The van der Waals surface area contributed by atoms with Gasteiger partial charge in [-0.1, -0.05) is 41.9 Å². The molecule has 1 aromatic heterocycles. The van der Waals surface area contributed by atoms with Crippen molar-refractivity contribution in [2.24, 2.45) is 0 Å². The summed E-state index contributed by atoms with van der Waals surface area (Å²) in [5.74, 6) is -1.53. The molecule has 222 valence electrons. The molecule has 0 spiro atoms. The van der Waals surface area contributed by atoms with Crippen molar-refractivity contribution in [1.82, 2.24) is 30.8 Å². The standard InChI is InChI=1S/C28H27ClN7O6P/c29-22-9-12-25(36-18-31-34-35-36)21(17-22)8-13-26(37)33-24(16-19-4-2-1-3-5-19)28(39)32-23-10-6-20(7-11-23)27(38)30-14-15-43(40,41)42/h1-13,17-18,24H,14-16H2,(H,30,38)(H,32,39)(H,33,37)(H2,40,41,42)/b13-8+/t24-/m0/s1. The lowest BCUT2D eigenvalue weighted by molar-refractivity contribution is -0.123. The number of nitrogens with zero attached hydrogens (tertiary/aromatic N) is 4. The minimum absolute atomic E-state index is 0.187. The van der Waals surface area contributed by atoms with Crippen molar-refractivity contribution in [2.45, 2.75) is 12.5 Å². The number of rotatable bonds is 12. The molecule has 1 heterocycles. The van der Waals surface area contributed by atoms with Crippen molar-refractivity contribution < 1.29 is 28.7 Å². The van der Waals surface area contributed by atoms with Gasteiger partial charge in [-0.15, -0.1) is 5.10 Å². The Morgan fingerprint density at radius 2 is 1.77 bits per heavy atom. The first-order valence-corrected chi connectivity index (χ1v) is 15.0. The first-order valence-electron chi connectivity index (χ1n) is 12.9. The summed E-state index contributed by atoms with van der Waals surface area (Å²) in [4.78, 5) is 56.4. The molecule has 3 aromatic carbocycles. The van der Waals surface area contributed by atoms with E-state index in [9.17, 15) is 18.9 Å². The van der Waals surface area contributed by atoms with Crippen molar-refractivity contribution in [3.63, 3.8) is 0 Å². The third-order valence-corrected chi connectivity index (χ3v) is 7.06. The molecule has 0 unspecified atom stereocenters. The lowest BCUT2D eigenvalue weighted by Gasteiger charge is -2.18. The minimum Gasteiger partial charge on any atom is -0.351 e. The van der Waals surface area contributed by atoms with Crippen LogP contribution in [0.4, 0.5) is 5.69 Å². The molecule has 0 saturated heterocycles. The zero-order valence-corrected chi connectivity index (χ0v) is 24.2. The molecule has 4 aromatic rings. The van der Waals surface area contributed by atoms with Gasteiger partial charge in [0.25, 0.3) is 5.91 Å². The van der Waals surface area contributed by atoms with Gasteiger partial charge in [-0.2, -0.15) is 4.68 Å². The van der Waals surface area contributed by atoms with E-state index in [0.717, 1.165) is 5.56 Å². The highest BCUT2D eigenvalue weighted by molar-refractivity contribution is 7.51. The number of amides is 3. The predicted octanol–water partition coefficient (Wildman–Crippen LogP) is 2.60. The number of benzene rings is 3. The molecule has 3 amide bonds. The summed E-state index contributed by atoms with van der Waals surface area (Å²) in [7, 11) is -4.23. The Kier molecular flexibility index (Phi) is 10.5. The highest BCUT2D eigenvalue weighted by atomic mass is 35.5. The van der Waals surface area contributed by atoms with E-state index in [1.165, 1.54) is 41.4 Å². The Bertz CT molecular complexity index is 1640. The number of hydrogen-bond donors (Lipinski definition) is 5. The van der Waals surface area contributed by atoms with Crippen LogP contribution in [-0.4, -0.2) is 66.5 Å². The Morgan fingerprint density at radius 1 is 1.02 bits per heavy atom. The normalized spacial score (nSPS) is 12.1. The second-order valence-corrected chi connectivity index (χ2v) is 11.5. The highest BCUT2D eigenvalue weighted by Crippen LogP contribution is 2.32. The number of carbonyl (C=O) groups excluding carboxylic acids is 3. The summed E-state index contributed by atoms with van der Waals surface area (Å²) in [6, 6.07) is 19.2. The SMILES string of the molecule is O=C(/C=C/c1cc(Cl)ccc1-n1cnnn1)N[C@@H](Cc1ccccc1)C(=O)Nc1ccc(C(=O)NCCP(=O)(O)O)cc1. The number of hydrogen-bond acceptors (Lipinski definition) is 7. The molecule has 0 bridgehead atoms. The molecule has 5 N–H and O–H groups in total. The van der Waals surface area contributed by atoms with Gasteiger partial charge in [0.05, 0.1) is 11.8 Å². The topological polar surface area (TPSA) is 188 Å². The van der Waals surface area contributed by atoms with Crippen molar-refractivity contribution in [2.75, 3.05) is 18.0 Å². The molecular weight excluding hydrogens is 597 g/mol. The first-order chi connectivity index (χ1) is 20.6. The van der Waals surface area contributed by atoms with Crippen LogP contribution in [0.5, 0.6) is 0 Å². The number of halogens is 1. The van der Waals surface area contributed by atoms with E-state index in [0.29, 0.717) is 22.0 Å². The fraction of sp³-hybridized carbons (Fsp3) is 0.143. The van der Waals surface area contributed by atoms with E-state index in [1.54, 1.807) is 24.3 Å². The van der Waals surface area contributed by atoms with Gasteiger partial charge in [0.15, 0.2) is 0 Å². The fourth-order valence-electron chi connectivity index (χ4n) is 3.93. The molecule has 0 fully saturated rings. The van der Waals surface area contributed by atoms with E-state index < -0.39 is 37.5 Å². The average Bonchev–Trinajstić information content (AvgIpc) is 3.51. The maximum atomic E-state index is 13.3. The first kappa shape index (κ1) is 31.3. The van der Waals surface area contributed by atoms with Crippen LogP contribution in [0.15, 0.2) is 85.2 Å². The number of aromatic nitrogens is 4. The Hall–Kier alpha value is -4.68. The lowest BCUT2D eigenvalue weighted by atomic mass is 10.0. The zero-order valence-electron chi connectivity index (χ0n) is 22.5. The van der Waals surface area contributed by atoms with Crippen LogP contribution in [0.2, 0.25) is 5.02 Å². The summed E-state index contributed by atoms with van der Waals surface area (Å²) in [6.45, 7) is -0.187. The minimum atomic E-state index is -4.23. The molecule has 0 radical (unpaired) electrons. The van der Waals surface area contributed by atoms with Crippen LogP contribution >= 0.6 is 19.2 Å². The molecule has 43 heavy (non-hydrogen) atoms. The van der Waals surface area contributed by atoms with Crippen molar-refractivity contribution in [3.05, 3.63) is 107 Å². The Balaban J connectivity index is 1.44. The third kappa shape index (κ3) is 9.69. The van der Waals surface area contributed by atoms with E-state index in [1.807, 2.05) is 30.3 Å². The summed E-state index contributed by atoms with van der Waals surface area (Å²) in [5.41, 5.74) is 2.61. The van der Waals surface area contributed by atoms with Crippen LogP contribution in [0.1, 0.15) is 21.5 Å². The zero-order chi connectivity index (χ0) is 30.8. The molecule has 0 aliphatic rings. The highest BCUT2D eigenvalue weighted by Gasteiger charge is 2.21. The molecule has 0 saturated carbocycles. The summed E-state index contributed by atoms with van der Waals surface area (Å²) < 4.78 is 12.4. The van der Waals surface area contributed by atoms with Crippen molar-refractivity contribution >= 4 is 48.7 Å². The van der Waals surface area contributed by atoms with Gasteiger partial charge in [-0.05, 0) is 64.5 Å². The monoisotopic (exact) mass is 623 g/mol. The second kappa shape index (κ2) is 14.5. The molecular formula is C28H27ClN7O6P. The molecule has 4 rings (SSSR count). The molecule has 13 nitrogen and oxygen atoms in total. The van der Waals surface area contributed by atoms with Gasteiger partial charge in [0.1, 0.15) is 12.4 Å². The summed E-state index contributed by atoms with van der Waals surface area (Å²) in [5, 5.41) is 19.5. The van der Waals surface area contributed by atoms with Crippen LogP contribution in [-0.2, 0) is 20.6 Å². The Labute approximate surface area is 251 Å². The summed E-state index contributed by atoms with van der Waals surface area (Å²) >= 11 is 6.15. The molecule has 15 heteroatoms. The van der Waals surface area contributed by atoms with Gasteiger partial charge in [-0.25, -0.2) is 0 Å². The van der Waals surface area contributed by atoms with Gasteiger partial charge in [0, 0.05) is 40.9 Å². The van der Waals surface area contributed by atoms with Crippen molar-refractivity contribution in [3.8, 4) is 5.69 Å². The Morgan fingerprint density at radius 3 is 2.44 bits per heavy atom. The van der Waals surface area contributed by atoms with Gasteiger partial charge in [0.2, 0.25) is 11.8 Å². The van der Waals surface area contributed by atoms with E-state index in [-0.39, 0.29) is 18.5 Å². The van der Waals surface area contributed by atoms with E-state index in [2.05, 4.69) is 31.5 Å². The number of tetrazole rings is 1. The number of anilines is 1. The smallest absolute Gasteiger partial charge is 0.327 e. The van der Waals surface area contributed by atoms with Gasteiger partial charge in [-0.3, -0.25) is 18.9 Å². The van der Waals surface area contributed by atoms with E-state index in [4.69, 9.17) is 21.4 Å². The van der Waals surface area contributed by atoms with Gasteiger partial charge < -0.3 is 25.7 Å². The van der Waals surface area contributed by atoms with Crippen molar-refractivity contribution in [1.29, 1.82) is 0 Å². The van der Waals surface area contributed by atoms with Crippen LogP contribution in [0.3, 0.4) is 0 Å². The fourth-order valence-corrected chi connectivity index (χ4v) is 4.52. The lowest BCUT2D eigenvalue weighted by Crippen LogP contribution is -2.44. The summed E-state index contributed by atoms with van der Waals surface area (Å²) in [6.07, 6.45) is 3.96. The number of carbonyl (C=O) groups is 3.